The molecule has 4 aliphatic rings. The second-order valence-corrected chi connectivity index (χ2v) is 17.5. The Morgan fingerprint density at radius 1 is 1.07 bits per heavy atom. The summed E-state index contributed by atoms with van der Waals surface area (Å²) in [6.45, 7) is 18.8. The molecule has 0 N–H and O–H groups in total. The van der Waals surface area contributed by atoms with E-state index in [-0.39, 0.29) is 10.5 Å². The SMILES string of the molecule is CC=C1C(=O)C[C@H]2[C@@H]3CC=C4CC(O[Si](C)(C)C(C)(C)C)CC[C@]4(C)[C@H]3CCC12C. The van der Waals surface area contributed by atoms with Gasteiger partial charge in [-0.2, -0.15) is 0 Å². The number of hydrogen-bond donors (Lipinski definition) is 0. The first kappa shape index (κ1) is 22.5. The van der Waals surface area contributed by atoms with Crippen molar-refractivity contribution in [2.24, 2.45) is 28.6 Å². The van der Waals surface area contributed by atoms with Gasteiger partial charge in [-0.25, -0.2) is 0 Å². The van der Waals surface area contributed by atoms with Crippen LogP contribution in [-0.4, -0.2) is 20.2 Å². The topological polar surface area (TPSA) is 26.3 Å². The third-order valence-electron chi connectivity index (χ3n) is 10.3. The van der Waals surface area contributed by atoms with Crippen LogP contribution < -0.4 is 0 Å². The maximum Gasteiger partial charge on any atom is 0.192 e. The summed E-state index contributed by atoms with van der Waals surface area (Å²) in [7, 11) is -1.73. The Bertz CT molecular complexity index is 785. The lowest BCUT2D eigenvalue weighted by atomic mass is 9.48. The number of carbonyl (C=O) groups is 1. The third-order valence-corrected chi connectivity index (χ3v) is 14.9. The van der Waals surface area contributed by atoms with E-state index in [1.165, 1.54) is 32.1 Å². The van der Waals surface area contributed by atoms with Gasteiger partial charge >= 0.3 is 0 Å². The van der Waals surface area contributed by atoms with Crippen LogP contribution in [0.15, 0.2) is 23.3 Å². The zero-order valence-corrected chi connectivity index (χ0v) is 21.7. The van der Waals surface area contributed by atoms with Crippen molar-refractivity contribution in [1.29, 1.82) is 0 Å². The van der Waals surface area contributed by atoms with Crippen molar-refractivity contribution in [3.63, 3.8) is 0 Å². The number of rotatable bonds is 2. The van der Waals surface area contributed by atoms with Gasteiger partial charge in [-0.3, -0.25) is 4.79 Å². The summed E-state index contributed by atoms with van der Waals surface area (Å²) in [5.74, 6) is 2.40. The van der Waals surface area contributed by atoms with Gasteiger partial charge in [0.1, 0.15) is 0 Å². The summed E-state index contributed by atoms with van der Waals surface area (Å²) in [5.41, 5.74) is 3.26. The van der Waals surface area contributed by atoms with E-state index >= 15 is 0 Å². The molecule has 0 saturated heterocycles. The third kappa shape index (κ3) is 3.25. The average Bonchev–Trinajstić information content (AvgIpc) is 2.90. The van der Waals surface area contributed by atoms with Crippen LogP contribution in [0, 0.1) is 28.6 Å². The van der Waals surface area contributed by atoms with Crippen LogP contribution in [0.3, 0.4) is 0 Å². The van der Waals surface area contributed by atoms with Crippen molar-refractivity contribution in [1.82, 2.24) is 0 Å². The summed E-state index contributed by atoms with van der Waals surface area (Å²) in [6, 6.07) is 0. The first-order valence-corrected chi connectivity index (χ1v) is 15.3. The minimum absolute atomic E-state index is 0.122. The fourth-order valence-electron chi connectivity index (χ4n) is 7.47. The van der Waals surface area contributed by atoms with E-state index in [9.17, 15) is 4.79 Å². The molecule has 0 aromatic carbocycles. The van der Waals surface area contributed by atoms with Crippen molar-refractivity contribution in [3.8, 4) is 0 Å². The van der Waals surface area contributed by atoms with E-state index in [2.05, 4.69) is 66.8 Å². The molecule has 0 aliphatic heterocycles. The highest BCUT2D eigenvalue weighted by Crippen LogP contribution is 2.65. The van der Waals surface area contributed by atoms with Gasteiger partial charge in [0.25, 0.3) is 0 Å². The molecule has 0 bridgehead atoms. The first-order chi connectivity index (χ1) is 13.8. The van der Waals surface area contributed by atoms with E-state index in [4.69, 9.17) is 4.43 Å². The molecule has 0 amide bonds. The monoisotopic (exact) mass is 428 g/mol. The van der Waals surface area contributed by atoms with Crippen LogP contribution in [0.4, 0.5) is 0 Å². The standard InChI is InChI=1S/C27H44O2Si/c1-9-21-24(28)17-23-20-11-10-18-16-19(29-30(7,8)25(2,3)4)12-14-26(18,5)22(20)13-15-27(21,23)6/h9-10,19-20,22-23H,11-17H2,1-8H3/t19?,20-,22+,23+,26+,27?/m1/s1. The summed E-state index contributed by atoms with van der Waals surface area (Å²) < 4.78 is 6.85. The number of hydrogen-bond acceptors (Lipinski definition) is 2. The smallest absolute Gasteiger partial charge is 0.192 e. The minimum atomic E-state index is -1.73. The molecule has 0 spiro atoms. The lowest BCUT2D eigenvalue weighted by Crippen LogP contribution is -2.51. The van der Waals surface area contributed by atoms with E-state index in [0.29, 0.717) is 29.1 Å². The average molecular weight is 429 g/mol. The molecule has 30 heavy (non-hydrogen) atoms. The Labute approximate surface area is 186 Å². The highest BCUT2D eigenvalue weighted by Gasteiger charge is 2.59. The van der Waals surface area contributed by atoms with Gasteiger partial charge in [0.15, 0.2) is 14.1 Å². The Hall–Kier alpha value is -0.673. The highest BCUT2D eigenvalue weighted by molar-refractivity contribution is 6.74. The van der Waals surface area contributed by atoms with E-state index < -0.39 is 8.32 Å². The van der Waals surface area contributed by atoms with Crippen molar-refractivity contribution in [2.75, 3.05) is 0 Å². The van der Waals surface area contributed by atoms with Crippen LogP contribution in [0.1, 0.15) is 86.5 Å². The molecule has 0 aromatic heterocycles. The molecule has 0 heterocycles. The van der Waals surface area contributed by atoms with Crippen molar-refractivity contribution in [2.45, 2.75) is 111 Å². The minimum Gasteiger partial charge on any atom is -0.414 e. The zero-order valence-electron chi connectivity index (χ0n) is 20.7. The predicted octanol–water partition coefficient (Wildman–Crippen LogP) is 7.46. The number of fused-ring (bicyclic) bond motifs is 5. The molecular formula is C27H44O2Si. The number of allylic oxidation sites excluding steroid dienone is 3. The van der Waals surface area contributed by atoms with Gasteiger partial charge in [0, 0.05) is 12.5 Å². The molecule has 4 aliphatic carbocycles. The molecular weight excluding hydrogens is 384 g/mol. The van der Waals surface area contributed by atoms with E-state index in [1.807, 2.05) is 0 Å². The zero-order chi connectivity index (χ0) is 22.1. The fraction of sp³-hybridized carbons (Fsp3) is 0.815. The number of Topliss-reactive ketones (excluding diaryl/α,β-unsaturated/α-hetero) is 1. The second kappa shape index (κ2) is 7.17. The maximum absolute atomic E-state index is 12.8. The van der Waals surface area contributed by atoms with Gasteiger partial charge in [-0.05, 0) is 97.7 Å². The predicted molar refractivity (Wildman–Crippen MR) is 128 cm³/mol. The number of ketones is 1. The Kier molecular flexibility index (Phi) is 5.38. The van der Waals surface area contributed by atoms with Crippen LogP contribution in [0.2, 0.25) is 18.1 Å². The van der Waals surface area contributed by atoms with Crippen LogP contribution >= 0.6 is 0 Å². The molecule has 3 heteroatoms. The number of carbonyl (C=O) groups excluding carboxylic acids is 1. The maximum atomic E-state index is 12.8. The Morgan fingerprint density at radius 3 is 2.37 bits per heavy atom. The highest BCUT2D eigenvalue weighted by atomic mass is 28.4. The second-order valence-electron chi connectivity index (χ2n) is 12.8. The van der Waals surface area contributed by atoms with Gasteiger partial charge in [-0.15, -0.1) is 0 Å². The van der Waals surface area contributed by atoms with Crippen molar-refractivity contribution >= 4 is 14.1 Å². The molecule has 3 saturated carbocycles. The molecule has 4 rings (SSSR count). The van der Waals surface area contributed by atoms with Gasteiger partial charge < -0.3 is 4.43 Å². The van der Waals surface area contributed by atoms with Crippen LogP contribution in [0.5, 0.6) is 0 Å². The molecule has 6 atom stereocenters. The summed E-state index contributed by atoms with van der Waals surface area (Å²) in [6.07, 6.45) is 13.1. The fourth-order valence-corrected chi connectivity index (χ4v) is 8.86. The lowest BCUT2D eigenvalue weighted by molar-refractivity contribution is -0.115. The molecule has 168 valence electrons. The molecule has 2 nitrogen and oxygen atoms in total. The molecule has 0 aromatic rings. The lowest BCUT2D eigenvalue weighted by Gasteiger charge is -2.57. The Morgan fingerprint density at radius 2 is 1.73 bits per heavy atom. The summed E-state index contributed by atoms with van der Waals surface area (Å²) in [4.78, 5) is 12.8. The van der Waals surface area contributed by atoms with E-state index in [1.54, 1.807) is 5.57 Å². The van der Waals surface area contributed by atoms with Gasteiger partial charge in [-0.1, -0.05) is 52.3 Å². The van der Waals surface area contributed by atoms with Gasteiger partial charge in [0.05, 0.1) is 0 Å². The van der Waals surface area contributed by atoms with Crippen molar-refractivity contribution < 1.29 is 9.22 Å². The normalized spacial score (nSPS) is 43.1. The summed E-state index contributed by atoms with van der Waals surface area (Å²) in [5, 5.41) is 0.271. The summed E-state index contributed by atoms with van der Waals surface area (Å²) >= 11 is 0. The van der Waals surface area contributed by atoms with Crippen molar-refractivity contribution in [3.05, 3.63) is 23.3 Å². The van der Waals surface area contributed by atoms with Crippen LogP contribution in [-0.2, 0) is 9.22 Å². The van der Waals surface area contributed by atoms with Crippen LogP contribution in [0.25, 0.3) is 0 Å². The van der Waals surface area contributed by atoms with Gasteiger partial charge in [0.2, 0.25) is 0 Å². The molecule has 2 unspecified atom stereocenters. The molecule has 3 fully saturated rings. The first-order valence-electron chi connectivity index (χ1n) is 12.4. The van der Waals surface area contributed by atoms with E-state index in [0.717, 1.165) is 24.3 Å². The molecule has 0 radical (unpaired) electrons. The quantitative estimate of drug-likeness (QED) is 0.259. The largest absolute Gasteiger partial charge is 0.414 e. The Balaban J connectivity index is 1.56.